The molecule has 1 aromatic carbocycles. The van der Waals surface area contributed by atoms with E-state index in [4.69, 9.17) is 15.0 Å². The van der Waals surface area contributed by atoms with Crippen molar-refractivity contribution in [1.29, 1.82) is 0 Å². The van der Waals surface area contributed by atoms with Gasteiger partial charge in [0.1, 0.15) is 16.6 Å². The molecule has 6 heterocycles. The van der Waals surface area contributed by atoms with Gasteiger partial charge in [0.2, 0.25) is 5.95 Å². The van der Waals surface area contributed by atoms with E-state index in [9.17, 15) is 4.79 Å². The van der Waals surface area contributed by atoms with Crippen LogP contribution in [0, 0.1) is 6.92 Å². The van der Waals surface area contributed by atoms with Gasteiger partial charge < -0.3 is 15.1 Å². The molecule has 2 saturated heterocycles. The van der Waals surface area contributed by atoms with Crippen molar-refractivity contribution < 1.29 is 4.79 Å². The summed E-state index contributed by atoms with van der Waals surface area (Å²) in [5.41, 5.74) is 4.40. The molecular formula is C31H31N9OS. The highest BCUT2D eigenvalue weighted by Crippen LogP contribution is 2.35. The van der Waals surface area contributed by atoms with Gasteiger partial charge in [-0.25, -0.2) is 15.0 Å². The topological polar surface area (TPSA) is 103 Å². The smallest absolute Gasteiger partial charge is 0.253 e. The van der Waals surface area contributed by atoms with Crippen LogP contribution in [-0.2, 0) is 6.54 Å². The first-order chi connectivity index (χ1) is 20.4. The quantitative estimate of drug-likeness (QED) is 0.293. The number of hydrogen-bond acceptors (Lipinski definition) is 10. The Bertz CT molecular complexity index is 1770. The summed E-state index contributed by atoms with van der Waals surface area (Å²) in [7, 11) is 3.51. The number of hydrogen-bond donors (Lipinski definition) is 1. The Morgan fingerprint density at radius 1 is 1.00 bits per heavy atom. The Morgan fingerprint density at radius 3 is 2.69 bits per heavy atom. The fourth-order valence-corrected chi connectivity index (χ4v) is 6.75. The average molecular weight is 578 g/mol. The Morgan fingerprint density at radius 2 is 1.90 bits per heavy atom. The number of anilines is 3. The van der Waals surface area contributed by atoms with E-state index in [-0.39, 0.29) is 5.91 Å². The molecule has 1 amide bonds. The Kier molecular flexibility index (Phi) is 6.75. The van der Waals surface area contributed by atoms with Crippen molar-refractivity contribution in [2.75, 3.05) is 37.4 Å². The summed E-state index contributed by atoms with van der Waals surface area (Å²) in [6, 6.07) is 18.4. The van der Waals surface area contributed by atoms with Crippen LogP contribution >= 0.6 is 11.3 Å². The van der Waals surface area contributed by atoms with Gasteiger partial charge in [-0.3, -0.25) is 14.7 Å². The standard InChI is InChI=1S/C31H31N9OS/c1-19-11-28(37-31(34-19)40-18-23-13-24(40)17-39(23)16-22-9-4-5-10-32-22)36-27-14-25-26(15-33-27)42-29(35-25)20-7-6-8-21(12-20)30(41)38(2)3/h4-12,14-15,23-24H,13,16-18H2,1-3H3,(H,33,34,36,37)/t23-,24-/m0/s1. The molecule has 4 aromatic heterocycles. The second-order valence-corrected chi connectivity index (χ2v) is 12.1. The van der Waals surface area contributed by atoms with Gasteiger partial charge >= 0.3 is 0 Å². The van der Waals surface area contributed by atoms with Gasteiger partial charge in [0.15, 0.2) is 0 Å². The van der Waals surface area contributed by atoms with Gasteiger partial charge in [-0.15, -0.1) is 11.3 Å². The van der Waals surface area contributed by atoms with Gasteiger partial charge in [-0.1, -0.05) is 18.2 Å². The van der Waals surface area contributed by atoms with Crippen LogP contribution in [0.4, 0.5) is 17.6 Å². The lowest BCUT2D eigenvalue weighted by molar-refractivity contribution is 0.0827. The summed E-state index contributed by atoms with van der Waals surface area (Å²) in [5, 5.41) is 4.22. The molecule has 2 aliphatic rings. The minimum atomic E-state index is -0.0332. The van der Waals surface area contributed by atoms with Crippen LogP contribution in [0.5, 0.6) is 0 Å². The molecule has 0 radical (unpaired) electrons. The SMILES string of the molecule is Cc1cc(Nc2cc3nc(-c4cccc(C(=O)N(C)C)c4)sc3cn2)nc(N2C[C@@H]3C[C@H]2CN3Cc2ccccn2)n1. The second kappa shape index (κ2) is 10.7. The second-order valence-electron chi connectivity index (χ2n) is 11.1. The maximum absolute atomic E-state index is 12.4. The maximum Gasteiger partial charge on any atom is 0.253 e. The van der Waals surface area contributed by atoms with Crippen molar-refractivity contribution in [3.8, 4) is 10.6 Å². The molecule has 42 heavy (non-hydrogen) atoms. The predicted octanol–water partition coefficient (Wildman–Crippen LogP) is 4.76. The normalized spacial score (nSPS) is 18.1. The van der Waals surface area contributed by atoms with Crippen LogP contribution in [0.2, 0.25) is 0 Å². The third-order valence-corrected chi connectivity index (χ3v) is 8.89. The molecule has 0 unspecified atom stereocenters. The van der Waals surface area contributed by atoms with Crippen molar-refractivity contribution in [3.05, 3.63) is 83.9 Å². The summed E-state index contributed by atoms with van der Waals surface area (Å²) in [6.45, 7) is 4.77. The van der Waals surface area contributed by atoms with Gasteiger partial charge in [0.05, 0.1) is 15.9 Å². The number of aryl methyl sites for hydroxylation is 1. The van der Waals surface area contributed by atoms with Crippen LogP contribution < -0.4 is 10.2 Å². The van der Waals surface area contributed by atoms with Crippen molar-refractivity contribution in [3.63, 3.8) is 0 Å². The highest BCUT2D eigenvalue weighted by molar-refractivity contribution is 7.21. The predicted molar refractivity (Wildman–Crippen MR) is 165 cm³/mol. The number of piperazine rings is 1. The number of thiazole rings is 1. The van der Waals surface area contributed by atoms with E-state index < -0.39 is 0 Å². The van der Waals surface area contributed by atoms with E-state index >= 15 is 0 Å². The molecule has 5 aromatic rings. The number of fused-ring (bicyclic) bond motifs is 3. The molecule has 212 valence electrons. The highest BCUT2D eigenvalue weighted by atomic mass is 32.1. The molecule has 2 aliphatic heterocycles. The Balaban J connectivity index is 1.07. The Labute approximate surface area is 248 Å². The molecule has 10 nitrogen and oxygen atoms in total. The summed E-state index contributed by atoms with van der Waals surface area (Å²) < 4.78 is 0.975. The first kappa shape index (κ1) is 26.4. The molecule has 2 atom stereocenters. The third kappa shape index (κ3) is 5.17. The number of amides is 1. The fourth-order valence-electron chi connectivity index (χ4n) is 5.83. The monoisotopic (exact) mass is 577 g/mol. The minimum Gasteiger partial charge on any atom is -0.345 e. The molecule has 0 saturated carbocycles. The third-order valence-electron chi connectivity index (χ3n) is 7.84. The lowest BCUT2D eigenvalue weighted by Crippen LogP contribution is -2.46. The average Bonchev–Trinajstić information content (AvgIpc) is 3.71. The number of benzene rings is 1. The molecular weight excluding hydrogens is 546 g/mol. The van der Waals surface area contributed by atoms with Gasteiger partial charge in [0.25, 0.3) is 5.91 Å². The number of nitrogens with zero attached hydrogens (tertiary/aromatic N) is 8. The number of pyridine rings is 2. The van der Waals surface area contributed by atoms with E-state index in [2.05, 4.69) is 31.2 Å². The van der Waals surface area contributed by atoms with Crippen LogP contribution in [0.25, 0.3) is 20.8 Å². The van der Waals surface area contributed by atoms with E-state index in [1.54, 1.807) is 30.3 Å². The molecule has 0 spiro atoms. The van der Waals surface area contributed by atoms with Crippen LogP contribution in [-0.4, -0.2) is 79.9 Å². The van der Waals surface area contributed by atoms with E-state index in [1.165, 1.54) is 0 Å². The number of rotatable bonds is 7. The van der Waals surface area contributed by atoms with Crippen molar-refractivity contribution in [1.82, 2.24) is 34.7 Å². The van der Waals surface area contributed by atoms with Gasteiger partial charge in [-0.05, 0) is 37.6 Å². The molecule has 0 aliphatic carbocycles. The summed E-state index contributed by atoms with van der Waals surface area (Å²) in [6.07, 6.45) is 4.81. The number of likely N-dealkylation sites (tertiary alicyclic amines) is 1. The van der Waals surface area contributed by atoms with Crippen molar-refractivity contribution in [2.45, 2.75) is 32.0 Å². The molecule has 2 fully saturated rings. The summed E-state index contributed by atoms with van der Waals surface area (Å²) in [5.74, 6) is 2.10. The summed E-state index contributed by atoms with van der Waals surface area (Å²) >= 11 is 1.56. The van der Waals surface area contributed by atoms with E-state index in [0.717, 1.165) is 64.2 Å². The number of aromatic nitrogens is 5. The van der Waals surface area contributed by atoms with Crippen LogP contribution in [0.1, 0.15) is 28.2 Å². The van der Waals surface area contributed by atoms with E-state index in [1.807, 2.05) is 67.8 Å². The molecule has 11 heteroatoms. The fraction of sp³-hybridized carbons (Fsp3) is 0.290. The Hall–Kier alpha value is -4.48. The first-order valence-electron chi connectivity index (χ1n) is 14.0. The highest BCUT2D eigenvalue weighted by Gasteiger charge is 2.44. The summed E-state index contributed by atoms with van der Waals surface area (Å²) in [4.78, 5) is 42.6. The molecule has 1 N–H and O–H groups in total. The number of carbonyl (C=O) groups is 1. The lowest BCUT2D eigenvalue weighted by atomic mass is 10.1. The maximum atomic E-state index is 12.4. The van der Waals surface area contributed by atoms with Gasteiger partial charge in [0, 0.05) is 87.2 Å². The zero-order valence-corrected chi connectivity index (χ0v) is 24.5. The number of nitrogens with one attached hydrogen (secondary N) is 1. The number of carbonyl (C=O) groups excluding carboxylic acids is 1. The molecule has 7 rings (SSSR count). The first-order valence-corrected chi connectivity index (χ1v) is 14.8. The van der Waals surface area contributed by atoms with Crippen LogP contribution in [0.15, 0.2) is 67.0 Å². The van der Waals surface area contributed by atoms with Gasteiger partial charge in [-0.2, -0.15) is 4.98 Å². The minimum absolute atomic E-state index is 0.0332. The van der Waals surface area contributed by atoms with Crippen LogP contribution in [0.3, 0.4) is 0 Å². The van der Waals surface area contributed by atoms with E-state index in [0.29, 0.717) is 29.3 Å². The van der Waals surface area contributed by atoms with Crippen molar-refractivity contribution >= 4 is 45.0 Å². The zero-order chi connectivity index (χ0) is 28.8. The molecule has 2 bridgehead atoms. The van der Waals surface area contributed by atoms with Crippen molar-refractivity contribution in [2.24, 2.45) is 0 Å². The zero-order valence-electron chi connectivity index (χ0n) is 23.7. The largest absolute Gasteiger partial charge is 0.345 e. The lowest BCUT2D eigenvalue weighted by Gasteiger charge is -2.34.